The summed E-state index contributed by atoms with van der Waals surface area (Å²) in [4.78, 5) is 25.6. The van der Waals surface area contributed by atoms with Crippen molar-refractivity contribution in [3.05, 3.63) is 48.3 Å². The Morgan fingerprint density at radius 2 is 1.80 bits per heavy atom. The summed E-state index contributed by atoms with van der Waals surface area (Å²) >= 11 is 0. The van der Waals surface area contributed by atoms with E-state index in [1.165, 1.54) is 0 Å². The van der Waals surface area contributed by atoms with Gasteiger partial charge in [-0.15, -0.1) is 0 Å². The maximum atomic E-state index is 13.1. The van der Waals surface area contributed by atoms with Crippen LogP contribution in [0.15, 0.2) is 42.7 Å². The van der Waals surface area contributed by atoms with Crippen LogP contribution in [0.4, 0.5) is 11.6 Å². The van der Waals surface area contributed by atoms with Crippen LogP contribution >= 0.6 is 0 Å². The number of nitrogens with zero attached hydrogens (tertiary/aromatic N) is 4. The van der Waals surface area contributed by atoms with Gasteiger partial charge in [-0.25, -0.2) is 9.97 Å². The minimum absolute atomic E-state index is 0.0154. The molecule has 1 atom stereocenters. The van der Waals surface area contributed by atoms with Crippen LogP contribution in [-0.2, 0) is 11.2 Å². The highest BCUT2D eigenvalue weighted by atomic mass is 16.3. The summed E-state index contributed by atoms with van der Waals surface area (Å²) in [6.45, 7) is 1.94. The number of hydrogen-bond acceptors (Lipinski definition) is 5. The number of aliphatic hydroxyl groups excluding tert-OH is 1. The summed E-state index contributed by atoms with van der Waals surface area (Å²) in [7, 11) is 0. The van der Waals surface area contributed by atoms with E-state index in [1.54, 1.807) is 23.4 Å². The molecule has 2 aliphatic rings. The molecule has 1 N–H and O–H groups in total. The molecule has 2 aromatic rings. The fourth-order valence-electron chi connectivity index (χ4n) is 3.78. The molecule has 1 unspecified atom stereocenters. The molecular formula is C19H22N4O2. The van der Waals surface area contributed by atoms with Crippen LogP contribution in [0.25, 0.3) is 0 Å². The lowest BCUT2D eigenvalue weighted by Crippen LogP contribution is -2.48. The third-order valence-electron chi connectivity index (χ3n) is 5.08. The molecule has 3 heterocycles. The number of carbonyl (C=O) groups is 1. The summed E-state index contributed by atoms with van der Waals surface area (Å²) in [6.07, 6.45) is 5.18. The minimum atomic E-state index is -0.489. The average molecular weight is 338 g/mol. The van der Waals surface area contributed by atoms with Crippen molar-refractivity contribution in [1.82, 2.24) is 9.97 Å². The number of aliphatic hydroxyl groups is 1. The molecule has 1 aromatic carbocycles. The summed E-state index contributed by atoms with van der Waals surface area (Å²) in [5, 5.41) is 10.1. The van der Waals surface area contributed by atoms with E-state index in [4.69, 9.17) is 0 Å². The highest BCUT2D eigenvalue weighted by Crippen LogP contribution is 2.30. The van der Waals surface area contributed by atoms with Gasteiger partial charge in [0.25, 0.3) is 0 Å². The first-order chi connectivity index (χ1) is 12.2. The topological polar surface area (TPSA) is 69.6 Å². The zero-order valence-corrected chi connectivity index (χ0v) is 14.1. The Balaban J connectivity index is 1.46. The van der Waals surface area contributed by atoms with E-state index in [0.29, 0.717) is 13.0 Å². The van der Waals surface area contributed by atoms with E-state index < -0.39 is 6.10 Å². The lowest BCUT2D eigenvalue weighted by molar-refractivity contribution is -0.123. The number of hydrogen-bond donors (Lipinski definition) is 1. The molecule has 25 heavy (non-hydrogen) atoms. The smallest absolute Gasteiger partial charge is 0.230 e. The van der Waals surface area contributed by atoms with Gasteiger partial charge >= 0.3 is 0 Å². The van der Waals surface area contributed by atoms with Crippen molar-refractivity contribution in [2.24, 2.45) is 5.92 Å². The maximum absolute atomic E-state index is 13.1. The normalized spacial score (nSPS) is 21.1. The predicted octanol–water partition coefficient (Wildman–Crippen LogP) is 1.64. The number of para-hydroxylation sites is 1. The van der Waals surface area contributed by atoms with E-state index >= 15 is 0 Å². The number of aromatic nitrogens is 2. The van der Waals surface area contributed by atoms with Crippen molar-refractivity contribution in [3.8, 4) is 0 Å². The van der Waals surface area contributed by atoms with Crippen molar-refractivity contribution in [2.75, 3.05) is 29.4 Å². The minimum Gasteiger partial charge on any atom is -0.391 e. The largest absolute Gasteiger partial charge is 0.391 e. The monoisotopic (exact) mass is 338 g/mol. The van der Waals surface area contributed by atoms with Crippen LogP contribution in [-0.4, -0.2) is 46.7 Å². The lowest BCUT2D eigenvalue weighted by atomic mass is 9.92. The second-order valence-corrected chi connectivity index (χ2v) is 6.75. The van der Waals surface area contributed by atoms with E-state index in [9.17, 15) is 9.90 Å². The fourth-order valence-corrected chi connectivity index (χ4v) is 3.78. The molecule has 1 saturated heterocycles. The Hall–Kier alpha value is -2.47. The predicted molar refractivity (Wildman–Crippen MR) is 95.5 cm³/mol. The van der Waals surface area contributed by atoms with Crippen molar-refractivity contribution in [2.45, 2.75) is 25.4 Å². The quantitative estimate of drug-likeness (QED) is 0.901. The Morgan fingerprint density at radius 1 is 1.08 bits per heavy atom. The molecule has 0 bridgehead atoms. The van der Waals surface area contributed by atoms with Gasteiger partial charge in [0.1, 0.15) is 0 Å². The number of benzene rings is 1. The SMILES string of the molecule is O=C(C1CCN(c2ncccn2)CC1)N1CC(O)Cc2ccccc21. The van der Waals surface area contributed by atoms with Crippen LogP contribution in [0.1, 0.15) is 18.4 Å². The number of anilines is 2. The number of amides is 1. The Labute approximate surface area is 147 Å². The summed E-state index contributed by atoms with van der Waals surface area (Å²) in [6, 6.07) is 9.68. The van der Waals surface area contributed by atoms with Gasteiger partial charge in [-0.2, -0.15) is 0 Å². The molecule has 0 spiro atoms. The average Bonchev–Trinajstić information content (AvgIpc) is 2.67. The Kier molecular flexibility index (Phi) is 4.36. The zero-order valence-electron chi connectivity index (χ0n) is 14.1. The van der Waals surface area contributed by atoms with Crippen LogP contribution in [0.5, 0.6) is 0 Å². The molecule has 0 aliphatic carbocycles. The number of carbonyl (C=O) groups excluding carboxylic acids is 1. The molecular weight excluding hydrogens is 316 g/mol. The molecule has 2 aliphatic heterocycles. The highest BCUT2D eigenvalue weighted by molar-refractivity contribution is 5.96. The Bertz CT molecular complexity index is 744. The van der Waals surface area contributed by atoms with Gasteiger partial charge in [0.15, 0.2) is 0 Å². The third-order valence-corrected chi connectivity index (χ3v) is 5.08. The second-order valence-electron chi connectivity index (χ2n) is 6.75. The third kappa shape index (κ3) is 3.22. The second kappa shape index (κ2) is 6.80. The van der Waals surface area contributed by atoms with Crippen molar-refractivity contribution < 1.29 is 9.90 Å². The van der Waals surface area contributed by atoms with Gasteiger partial charge in [0.05, 0.1) is 12.6 Å². The number of β-amino-alcohol motifs (C(OH)–C–C–N with tert-alkyl or cyclic N) is 1. The molecule has 1 amide bonds. The fraction of sp³-hybridized carbons (Fsp3) is 0.421. The summed E-state index contributed by atoms with van der Waals surface area (Å²) in [5.74, 6) is 0.838. The highest BCUT2D eigenvalue weighted by Gasteiger charge is 2.33. The van der Waals surface area contributed by atoms with Crippen LogP contribution in [0.2, 0.25) is 0 Å². The van der Waals surface area contributed by atoms with Gasteiger partial charge in [-0.1, -0.05) is 18.2 Å². The summed E-state index contributed by atoms with van der Waals surface area (Å²) < 4.78 is 0. The molecule has 1 aromatic heterocycles. The van der Waals surface area contributed by atoms with Gasteiger partial charge in [0, 0.05) is 43.5 Å². The van der Waals surface area contributed by atoms with Gasteiger partial charge in [-0.05, 0) is 30.5 Å². The molecule has 1 fully saturated rings. The van der Waals surface area contributed by atoms with E-state index in [1.807, 2.05) is 24.3 Å². The van der Waals surface area contributed by atoms with Gasteiger partial charge < -0.3 is 14.9 Å². The first kappa shape index (κ1) is 16.0. The molecule has 0 radical (unpaired) electrons. The van der Waals surface area contributed by atoms with Crippen molar-refractivity contribution >= 4 is 17.5 Å². The van der Waals surface area contributed by atoms with Gasteiger partial charge in [-0.3, -0.25) is 4.79 Å². The van der Waals surface area contributed by atoms with E-state index in [2.05, 4.69) is 14.9 Å². The van der Waals surface area contributed by atoms with Crippen molar-refractivity contribution in [1.29, 1.82) is 0 Å². The van der Waals surface area contributed by atoms with E-state index in [-0.39, 0.29) is 11.8 Å². The molecule has 4 rings (SSSR count). The van der Waals surface area contributed by atoms with Crippen LogP contribution < -0.4 is 9.80 Å². The van der Waals surface area contributed by atoms with E-state index in [0.717, 1.165) is 43.1 Å². The summed E-state index contributed by atoms with van der Waals surface area (Å²) in [5.41, 5.74) is 2.00. The Morgan fingerprint density at radius 3 is 2.56 bits per heavy atom. The number of rotatable bonds is 2. The first-order valence-corrected chi connectivity index (χ1v) is 8.81. The molecule has 6 heteroatoms. The standard InChI is InChI=1S/C19H22N4O2/c24-16-12-15-4-1-2-5-17(15)23(13-16)18(25)14-6-10-22(11-7-14)19-20-8-3-9-21-19/h1-5,8-9,14,16,24H,6-7,10-13H2. The maximum Gasteiger partial charge on any atom is 0.230 e. The lowest BCUT2D eigenvalue weighted by Gasteiger charge is -2.37. The van der Waals surface area contributed by atoms with Gasteiger partial charge in [0.2, 0.25) is 11.9 Å². The number of fused-ring (bicyclic) bond motifs is 1. The first-order valence-electron chi connectivity index (χ1n) is 8.81. The zero-order chi connectivity index (χ0) is 17.2. The molecule has 130 valence electrons. The van der Waals surface area contributed by atoms with Crippen LogP contribution in [0.3, 0.4) is 0 Å². The number of piperidine rings is 1. The van der Waals surface area contributed by atoms with Crippen molar-refractivity contribution in [3.63, 3.8) is 0 Å². The van der Waals surface area contributed by atoms with Crippen LogP contribution in [0, 0.1) is 5.92 Å². The molecule has 6 nitrogen and oxygen atoms in total. The molecule has 0 saturated carbocycles.